The third-order valence-corrected chi connectivity index (χ3v) is 3.06. The summed E-state index contributed by atoms with van der Waals surface area (Å²) >= 11 is 0. The minimum Gasteiger partial charge on any atom is -0.395 e. The summed E-state index contributed by atoms with van der Waals surface area (Å²) in [6.07, 6.45) is 0.905. The zero-order valence-corrected chi connectivity index (χ0v) is 12.2. The minimum atomic E-state index is 0.0564. The van der Waals surface area contributed by atoms with Gasteiger partial charge in [-0.2, -0.15) is 0 Å². The smallest absolute Gasteiger partial charge is 0.0601 e. The monoisotopic (exact) mass is 245 g/mol. The van der Waals surface area contributed by atoms with E-state index in [2.05, 4.69) is 44.7 Å². The molecule has 0 aromatic carbocycles. The van der Waals surface area contributed by atoms with Crippen LogP contribution in [-0.4, -0.2) is 67.3 Å². The van der Waals surface area contributed by atoms with E-state index in [1.807, 2.05) is 0 Å². The lowest BCUT2D eigenvalue weighted by atomic mass is 10.0. The molecule has 4 nitrogen and oxygen atoms in total. The number of aliphatic hydroxyl groups is 1. The fourth-order valence-electron chi connectivity index (χ4n) is 1.98. The van der Waals surface area contributed by atoms with E-state index in [0.717, 1.165) is 26.1 Å². The van der Waals surface area contributed by atoms with Crippen molar-refractivity contribution in [2.45, 2.75) is 39.3 Å². The van der Waals surface area contributed by atoms with Gasteiger partial charge in [0.25, 0.3) is 0 Å². The fourth-order valence-corrected chi connectivity index (χ4v) is 1.98. The Kier molecular flexibility index (Phi) is 8.78. The summed E-state index contributed by atoms with van der Waals surface area (Å²) in [5.74, 6) is 0.593. The number of nitrogens with two attached hydrogens (primary N) is 1. The summed E-state index contributed by atoms with van der Waals surface area (Å²) in [7, 11) is 4.14. The molecule has 4 heteroatoms. The fraction of sp³-hybridized carbons (Fsp3) is 1.00. The molecule has 0 rings (SSSR count). The van der Waals surface area contributed by atoms with Gasteiger partial charge in [-0.3, -0.25) is 4.90 Å². The summed E-state index contributed by atoms with van der Waals surface area (Å²) in [5, 5.41) is 9.54. The molecular formula is C13H31N3O. The van der Waals surface area contributed by atoms with Crippen molar-refractivity contribution in [1.82, 2.24) is 9.80 Å². The van der Waals surface area contributed by atoms with Gasteiger partial charge in [-0.25, -0.2) is 0 Å². The van der Waals surface area contributed by atoms with Gasteiger partial charge in [0.2, 0.25) is 0 Å². The highest BCUT2D eigenvalue weighted by molar-refractivity contribution is 4.81. The van der Waals surface area contributed by atoms with Crippen LogP contribution < -0.4 is 5.73 Å². The zero-order chi connectivity index (χ0) is 13.4. The van der Waals surface area contributed by atoms with Crippen LogP contribution in [0, 0.1) is 5.92 Å². The van der Waals surface area contributed by atoms with Crippen molar-refractivity contribution in [2.24, 2.45) is 11.7 Å². The van der Waals surface area contributed by atoms with Crippen molar-refractivity contribution in [3.63, 3.8) is 0 Å². The van der Waals surface area contributed by atoms with E-state index in [4.69, 9.17) is 5.73 Å². The molecule has 0 fully saturated rings. The molecule has 0 amide bonds. The first-order chi connectivity index (χ1) is 7.92. The lowest BCUT2D eigenvalue weighted by molar-refractivity contribution is 0.0861. The van der Waals surface area contributed by atoms with E-state index >= 15 is 0 Å². The van der Waals surface area contributed by atoms with Crippen LogP contribution in [0.5, 0.6) is 0 Å². The average Bonchev–Trinajstić information content (AvgIpc) is 2.25. The maximum Gasteiger partial charge on any atom is 0.0601 e. The average molecular weight is 245 g/mol. The Hall–Kier alpha value is -0.160. The van der Waals surface area contributed by atoms with Gasteiger partial charge in [0, 0.05) is 31.7 Å². The van der Waals surface area contributed by atoms with Gasteiger partial charge < -0.3 is 15.7 Å². The molecule has 0 radical (unpaired) electrons. The largest absolute Gasteiger partial charge is 0.395 e. The molecule has 17 heavy (non-hydrogen) atoms. The van der Waals surface area contributed by atoms with Crippen LogP contribution in [0.25, 0.3) is 0 Å². The van der Waals surface area contributed by atoms with Gasteiger partial charge >= 0.3 is 0 Å². The van der Waals surface area contributed by atoms with Gasteiger partial charge in [0.1, 0.15) is 0 Å². The molecule has 0 saturated carbocycles. The third kappa shape index (κ3) is 6.99. The number of aliphatic hydroxyl groups excluding tert-OH is 1. The molecule has 0 bridgehead atoms. The maximum atomic E-state index is 9.54. The van der Waals surface area contributed by atoms with Crippen LogP contribution in [-0.2, 0) is 0 Å². The highest BCUT2D eigenvalue weighted by atomic mass is 16.3. The van der Waals surface area contributed by atoms with Crippen LogP contribution in [0.15, 0.2) is 0 Å². The standard InChI is InChI=1S/C13H31N3O/c1-6-12(14)13(10-17)16(9-11(2)3)8-7-15(4)5/h11-13,17H,6-10,14H2,1-5H3. The second-order valence-corrected chi connectivity index (χ2v) is 5.51. The number of hydrogen-bond acceptors (Lipinski definition) is 4. The minimum absolute atomic E-state index is 0.0564. The SMILES string of the molecule is CCC(N)C(CO)N(CCN(C)C)CC(C)C. The molecule has 0 aliphatic rings. The van der Waals surface area contributed by atoms with Gasteiger partial charge in [0.05, 0.1) is 6.61 Å². The summed E-state index contributed by atoms with van der Waals surface area (Å²) in [6.45, 7) is 9.58. The van der Waals surface area contributed by atoms with Crippen molar-refractivity contribution >= 4 is 0 Å². The maximum absolute atomic E-state index is 9.54. The number of nitrogens with zero attached hydrogens (tertiary/aromatic N) is 2. The van der Waals surface area contributed by atoms with Gasteiger partial charge in [-0.1, -0.05) is 20.8 Å². The Morgan fingerprint density at radius 3 is 2.12 bits per heavy atom. The van der Waals surface area contributed by atoms with Gasteiger partial charge in [-0.05, 0) is 26.4 Å². The van der Waals surface area contributed by atoms with Crippen molar-refractivity contribution in [3.8, 4) is 0 Å². The van der Waals surface area contributed by atoms with Crippen molar-refractivity contribution in [3.05, 3.63) is 0 Å². The Balaban J connectivity index is 4.50. The predicted octanol–water partition coefficient (Wildman–Crippen LogP) is 0.604. The normalized spacial score (nSPS) is 15.9. The molecular weight excluding hydrogens is 214 g/mol. The van der Waals surface area contributed by atoms with Gasteiger partial charge in [0.15, 0.2) is 0 Å². The molecule has 0 heterocycles. The summed E-state index contributed by atoms with van der Waals surface area (Å²) in [6, 6.07) is 0.142. The predicted molar refractivity (Wildman–Crippen MR) is 74.1 cm³/mol. The summed E-state index contributed by atoms with van der Waals surface area (Å²) < 4.78 is 0. The van der Waals surface area contributed by atoms with E-state index in [9.17, 15) is 5.11 Å². The number of rotatable bonds is 9. The van der Waals surface area contributed by atoms with E-state index in [1.54, 1.807) is 0 Å². The molecule has 2 atom stereocenters. The first-order valence-corrected chi connectivity index (χ1v) is 6.67. The zero-order valence-electron chi connectivity index (χ0n) is 12.2. The third-order valence-electron chi connectivity index (χ3n) is 3.06. The highest BCUT2D eigenvalue weighted by Gasteiger charge is 2.23. The molecule has 2 unspecified atom stereocenters. The van der Waals surface area contributed by atoms with E-state index in [-0.39, 0.29) is 18.7 Å². The number of hydrogen-bond donors (Lipinski definition) is 2. The molecule has 104 valence electrons. The second kappa shape index (κ2) is 8.86. The molecule has 0 saturated heterocycles. The Morgan fingerprint density at radius 2 is 1.76 bits per heavy atom. The summed E-state index contributed by atoms with van der Waals surface area (Å²) in [4.78, 5) is 4.50. The van der Waals surface area contributed by atoms with E-state index < -0.39 is 0 Å². The van der Waals surface area contributed by atoms with E-state index in [0.29, 0.717) is 5.92 Å². The number of likely N-dealkylation sites (N-methyl/N-ethyl adjacent to an activating group) is 1. The van der Waals surface area contributed by atoms with Crippen LogP contribution in [0.2, 0.25) is 0 Å². The molecule has 0 aromatic heterocycles. The van der Waals surface area contributed by atoms with Crippen molar-refractivity contribution < 1.29 is 5.11 Å². The van der Waals surface area contributed by atoms with Crippen LogP contribution in [0.3, 0.4) is 0 Å². The molecule has 0 aliphatic heterocycles. The molecule has 0 aliphatic carbocycles. The van der Waals surface area contributed by atoms with Crippen LogP contribution in [0.1, 0.15) is 27.2 Å². The molecule has 0 spiro atoms. The Labute approximate surface area is 107 Å². The van der Waals surface area contributed by atoms with Gasteiger partial charge in [-0.15, -0.1) is 0 Å². The van der Waals surface area contributed by atoms with Crippen molar-refractivity contribution in [2.75, 3.05) is 40.3 Å². The highest BCUT2D eigenvalue weighted by Crippen LogP contribution is 2.09. The Morgan fingerprint density at radius 1 is 1.18 bits per heavy atom. The molecule has 3 N–H and O–H groups in total. The first-order valence-electron chi connectivity index (χ1n) is 6.67. The lowest BCUT2D eigenvalue weighted by Gasteiger charge is -2.35. The second-order valence-electron chi connectivity index (χ2n) is 5.51. The molecule has 0 aromatic rings. The Bertz CT molecular complexity index is 186. The quantitative estimate of drug-likeness (QED) is 0.625. The lowest BCUT2D eigenvalue weighted by Crippen LogP contribution is -2.52. The van der Waals surface area contributed by atoms with Crippen LogP contribution in [0.4, 0.5) is 0 Å². The van der Waals surface area contributed by atoms with Crippen LogP contribution >= 0.6 is 0 Å². The van der Waals surface area contributed by atoms with E-state index in [1.165, 1.54) is 0 Å². The summed E-state index contributed by atoms with van der Waals surface area (Å²) in [5.41, 5.74) is 6.10. The first kappa shape index (κ1) is 16.8. The van der Waals surface area contributed by atoms with Crippen molar-refractivity contribution in [1.29, 1.82) is 0 Å². The topological polar surface area (TPSA) is 52.7 Å².